The minimum absolute atomic E-state index is 0.218. The van der Waals surface area contributed by atoms with Crippen molar-refractivity contribution in [1.82, 2.24) is 19.7 Å². The van der Waals surface area contributed by atoms with E-state index >= 15 is 0 Å². The molecule has 27 heavy (non-hydrogen) atoms. The molecule has 1 aliphatic rings. The lowest BCUT2D eigenvalue weighted by Gasteiger charge is -2.49. The molecule has 1 unspecified atom stereocenters. The summed E-state index contributed by atoms with van der Waals surface area (Å²) in [5.41, 5.74) is -0.997. The van der Waals surface area contributed by atoms with Crippen molar-refractivity contribution >= 4 is 23.3 Å². The van der Waals surface area contributed by atoms with Crippen molar-refractivity contribution in [3.8, 4) is 0 Å². The average Bonchev–Trinajstić information content (AvgIpc) is 3.06. The second kappa shape index (κ2) is 7.75. The van der Waals surface area contributed by atoms with Crippen LogP contribution in [0.4, 0.5) is 4.79 Å². The molecule has 0 spiro atoms. The third-order valence-electron chi connectivity index (χ3n) is 5.23. The summed E-state index contributed by atoms with van der Waals surface area (Å²) < 4.78 is 0. The van der Waals surface area contributed by atoms with Crippen LogP contribution in [0.5, 0.6) is 0 Å². The summed E-state index contributed by atoms with van der Waals surface area (Å²) >= 11 is 1.58. The normalized spacial score (nSPS) is 17.9. The van der Waals surface area contributed by atoms with E-state index < -0.39 is 16.9 Å². The fourth-order valence-corrected chi connectivity index (χ4v) is 5.18. The highest BCUT2D eigenvalue weighted by Gasteiger charge is 2.59. The molecule has 1 aromatic heterocycles. The number of thiazole rings is 1. The average molecular weight is 397 g/mol. The van der Waals surface area contributed by atoms with E-state index in [2.05, 4.69) is 9.88 Å². The van der Waals surface area contributed by atoms with Gasteiger partial charge in [-0.15, -0.1) is 11.3 Å². The van der Waals surface area contributed by atoms with Crippen LogP contribution < -0.4 is 0 Å². The van der Waals surface area contributed by atoms with Gasteiger partial charge in [0.05, 0.1) is 12.2 Å². The first kappa shape index (κ1) is 21.6. The van der Waals surface area contributed by atoms with Gasteiger partial charge < -0.3 is 19.8 Å². The van der Waals surface area contributed by atoms with Gasteiger partial charge in [-0.3, -0.25) is 0 Å². The van der Waals surface area contributed by atoms with E-state index in [0.717, 1.165) is 17.2 Å². The molecular weight excluding hydrogens is 364 g/mol. The molecule has 2 rings (SSSR count). The Bertz CT molecular complexity index is 695. The molecule has 0 saturated carbocycles. The van der Waals surface area contributed by atoms with Gasteiger partial charge in [-0.05, 0) is 25.4 Å². The quantitative estimate of drug-likeness (QED) is 0.767. The third-order valence-corrected chi connectivity index (χ3v) is 6.11. The van der Waals surface area contributed by atoms with Crippen LogP contribution in [0.15, 0.2) is 5.38 Å². The summed E-state index contributed by atoms with van der Waals surface area (Å²) in [5, 5.41) is 13.1. The number of carboxylic acids is 1. The number of aromatic nitrogens is 1. The lowest BCUT2D eigenvalue weighted by molar-refractivity contribution is -0.161. The zero-order valence-electron chi connectivity index (χ0n) is 17.4. The van der Waals surface area contributed by atoms with Crippen LogP contribution in [0, 0.1) is 11.3 Å². The zero-order valence-corrected chi connectivity index (χ0v) is 18.3. The number of carbonyl (C=O) groups excluding carboxylic acids is 1. The number of hydrogen-bond donors (Lipinski definition) is 1. The topological polar surface area (TPSA) is 77.0 Å². The Balaban J connectivity index is 2.24. The summed E-state index contributed by atoms with van der Waals surface area (Å²) in [6.07, 6.45) is 0. The molecule has 1 fully saturated rings. The lowest BCUT2D eigenvalue weighted by atomic mass is 9.66. The molecule has 2 heterocycles. The zero-order chi connectivity index (χ0) is 20.6. The van der Waals surface area contributed by atoms with Crippen molar-refractivity contribution in [3.05, 3.63) is 16.1 Å². The first-order chi connectivity index (χ1) is 12.4. The molecule has 0 aliphatic carbocycles. The Hall–Kier alpha value is -1.67. The number of rotatable bonds is 7. The number of hydrogen-bond acceptors (Lipinski definition) is 5. The van der Waals surface area contributed by atoms with Gasteiger partial charge in [-0.25, -0.2) is 14.6 Å². The smallest absolute Gasteiger partial charge is 0.330 e. The monoisotopic (exact) mass is 396 g/mol. The van der Waals surface area contributed by atoms with E-state index in [1.807, 2.05) is 54.1 Å². The number of aliphatic carboxylic acids is 1. The Morgan fingerprint density at radius 2 is 1.96 bits per heavy atom. The van der Waals surface area contributed by atoms with Crippen molar-refractivity contribution in [3.63, 3.8) is 0 Å². The largest absolute Gasteiger partial charge is 0.479 e. The predicted octanol–water partition coefficient (Wildman–Crippen LogP) is 2.97. The van der Waals surface area contributed by atoms with Gasteiger partial charge in [-0.1, -0.05) is 34.6 Å². The summed E-state index contributed by atoms with van der Waals surface area (Å²) in [7, 11) is 3.99. The van der Waals surface area contributed by atoms with Crippen molar-refractivity contribution in [2.45, 2.75) is 53.2 Å². The second-order valence-corrected chi connectivity index (χ2v) is 9.75. The lowest BCUT2D eigenvalue weighted by Crippen LogP contribution is -2.66. The molecule has 1 aliphatic heterocycles. The highest BCUT2D eigenvalue weighted by Crippen LogP contribution is 2.43. The maximum Gasteiger partial charge on any atom is 0.330 e. The molecule has 1 saturated heterocycles. The molecule has 1 N–H and O–H groups in total. The van der Waals surface area contributed by atoms with E-state index in [-0.39, 0.29) is 11.9 Å². The van der Waals surface area contributed by atoms with Gasteiger partial charge in [-0.2, -0.15) is 0 Å². The third kappa shape index (κ3) is 3.96. The van der Waals surface area contributed by atoms with Crippen LogP contribution in [0.25, 0.3) is 0 Å². The molecule has 152 valence electrons. The van der Waals surface area contributed by atoms with Crippen LogP contribution in [-0.2, 0) is 17.9 Å². The van der Waals surface area contributed by atoms with Crippen molar-refractivity contribution in [1.29, 1.82) is 0 Å². The molecule has 1 aromatic rings. The molecule has 1 atom stereocenters. The van der Waals surface area contributed by atoms with Gasteiger partial charge in [0.2, 0.25) is 0 Å². The molecule has 2 amide bonds. The van der Waals surface area contributed by atoms with Crippen LogP contribution in [0.3, 0.4) is 0 Å². The van der Waals surface area contributed by atoms with E-state index in [4.69, 9.17) is 0 Å². The summed E-state index contributed by atoms with van der Waals surface area (Å²) in [6, 6.07) is -0.219. The number of carboxylic acid groups (broad SMARTS) is 1. The first-order valence-electron chi connectivity index (χ1n) is 9.29. The number of amides is 2. The number of nitrogens with zero attached hydrogens (tertiary/aromatic N) is 4. The number of urea groups is 1. The molecule has 8 heteroatoms. The van der Waals surface area contributed by atoms with E-state index in [1.165, 1.54) is 0 Å². The first-order valence-corrected chi connectivity index (χ1v) is 10.2. The molecule has 0 radical (unpaired) electrons. The fourth-order valence-electron chi connectivity index (χ4n) is 4.28. The van der Waals surface area contributed by atoms with Gasteiger partial charge in [0.15, 0.2) is 0 Å². The van der Waals surface area contributed by atoms with Gasteiger partial charge in [0.25, 0.3) is 0 Å². The van der Waals surface area contributed by atoms with Gasteiger partial charge >= 0.3 is 12.0 Å². The molecule has 7 nitrogen and oxygen atoms in total. The number of carbonyl (C=O) groups is 2. The van der Waals surface area contributed by atoms with Crippen LogP contribution >= 0.6 is 11.3 Å². The van der Waals surface area contributed by atoms with Crippen LogP contribution in [0.2, 0.25) is 0 Å². The second-order valence-electron chi connectivity index (χ2n) is 8.80. The minimum Gasteiger partial charge on any atom is -0.479 e. The van der Waals surface area contributed by atoms with Crippen molar-refractivity contribution < 1.29 is 14.7 Å². The summed E-state index contributed by atoms with van der Waals surface area (Å²) in [6.45, 7) is 11.5. The van der Waals surface area contributed by atoms with Crippen LogP contribution in [0.1, 0.15) is 45.3 Å². The predicted molar refractivity (Wildman–Crippen MR) is 107 cm³/mol. The minimum atomic E-state index is -1.25. The standard InChI is InChI=1S/C19H32N4O3S/c1-13(2)19(16(24)25,18(3,4)5)23-9-8-22(17(23)26)10-14-12-27-15(20-14)11-21(6)7/h12-13H,8-11H2,1-7H3,(H,24,25). The van der Waals surface area contributed by atoms with E-state index in [1.54, 1.807) is 21.1 Å². The highest BCUT2D eigenvalue weighted by atomic mass is 32.1. The van der Waals surface area contributed by atoms with Crippen molar-refractivity contribution in [2.75, 3.05) is 27.2 Å². The van der Waals surface area contributed by atoms with Crippen LogP contribution in [-0.4, -0.2) is 69.5 Å². The van der Waals surface area contributed by atoms with Gasteiger partial charge in [0.1, 0.15) is 10.5 Å². The Kier molecular flexibility index (Phi) is 6.21. The molecular formula is C19H32N4O3S. The maximum atomic E-state index is 13.2. The summed E-state index contributed by atoms with van der Waals surface area (Å²) in [4.78, 5) is 35.5. The van der Waals surface area contributed by atoms with Gasteiger partial charge in [0, 0.05) is 25.0 Å². The summed E-state index contributed by atoms with van der Waals surface area (Å²) in [5.74, 6) is -1.16. The highest BCUT2D eigenvalue weighted by molar-refractivity contribution is 7.09. The Labute approximate surface area is 166 Å². The Morgan fingerprint density at radius 3 is 2.44 bits per heavy atom. The molecule has 0 aromatic carbocycles. The fraction of sp³-hybridized carbons (Fsp3) is 0.737. The Morgan fingerprint density at radius 1 is 1.33 bits per heavy atom. The van der Waals surface area contributed by atoms with E-state index in [9.17, 15) is 14.7 Å². The molecule has 0 bridgehead atoms. The van der Waals surface area contributed by atoms with E-state index in [0.29, 0.717) is 19.6 Å². The van der Waals surface area contributed by atoms with Crippen molar-refractivity contribution in [2.24, 2.45) is 11.3 Å². The SMILES string of the molecule is CC(C)C(C(=O)O)(N1CCN(Cc2csc(CN(C)C)n2)C1=O)C(C)(C)C. The maximum absolute atomic E-state index is 13.2.